The van der Waals surface area contributed by atoms with Crippen LogP contribution in [0.15, 0.2) is 60.7 Å². The molecule has 0 aliphatic heterocycles. The van der Waals surface area contributed by atoms with Crippen LogP contribution in [0, 0.1) is 5.92 Å². The second-order valence-electron chi connectivity index (χ2n) is 7.13. The fourth-order valence-electron chi connectivity index (χ4n) is 2.72. The van der Waals surface area contributed by atoms with Gasteiger partial charge >= 0.3 is 0 Å². The van der Waals surface area contributed by atoms with E-state index in [-0.39, 0.29) is 17.7 Å². The van der Waals surface area contributed by atoms with E-state index in [1.54, 1.807) is 0 Å². The van der Waals surface area contributed by atoms with Crippen LogP contribution in [0.25, 0.3) is 0 Å². The first-order chi connectivity index (χ1) is 11.8. The third kappa shape index (κ3) is 5.10. The number of carbonyl (C=O) groups is 1. The summed E-state index contributed by atoms with van der Waals surface area (Å²) in [6.07, 6.45) is 0.668. The summed E-state index contributed by atoms with van der Waals surface area (Å²) in [5.74, 6) is -0.202. The molecule has 2 aromatic carbocycles. The smallest absolute Gasteiger partial charge is 0.167 e. The van der Waals surface area contributed by atoms with Gasteiger partial charge in [-0.2, -0.15) is 0 Å². The topological polar surface area (TPSA) is 46.2 Å². The monoisotopic (exact) mass is 357 g/mol. The molecule has 3 atom stereocenters. The lowest BCUT2D eigenvalue weighted by molar-refractivity contribution is 0.0892. The highest BCUT2D eigenvalue weighted by molar-refractivity contribution is 7.84. The second-order valence-corrected chi connectivity index (χ2v) is 9.13. The largest absolute Gasteiger partial charge is 0.294 e. The van der Waals surface area contributed by atoms with Gasteiger partial charge in [-0.1, -0.05) is 67.6 Å². The third-order valence-corrected chi connectivity index (χ3v) is 5.77. The lowest BCUT2D eigenvalue weighted by Gasteiger charge is -2.29. The Balaban J connectivity index is 2.38. The van der Waals surface area contributed by atoms with E-state index in [1.807, 2.05) is 88.4 Å². The molecule has 0 aliphatic rings. The van der Waals surface area contributed by atoms with Gasteiger partial charge in [0.25, 0.3) is 0 Å². The van der Waals surface area contributed by atoms with E-state index in [0.29, 0.717) is 12.0 Å². The molecule has 0 fully saturated rings. The quantitative estimate of drug-likeness (QED) is 0.731. The minimum atomic E-state index is -1.27. The maximum absolute atomic E-state index is 13.1. The van der Waals surface area contributed by atoms with Crippen LogP contribution in [0.1, 0.15) is 56.1 Å². The zero-order chi connectivity index (χ0) is 18.4. The van der Waals surface area contributed by atoms with E-state index in [2.05, 4.69) is 4.72 Å². The highest BCUT2D eigenvalue weighted by Gasteiger charge is 2.32. The van der Waals surface area contributed by atoms with Crippen molar-refractivity contribution < 1.29 is 9.00 Å². The molecule has 25 heavy (non-hydrogen) atoms. The number of hydrogen-bond donors (Lipinski definition) is 1. The molecular weight excluding hydrogens is 330 g/mol. The van der Waals surface area contributed by atoms with Gasteiger partial charge in [0.05, 0.1) is 21.8 Å². The molecule has 3 nitrogen and oxygen atoms in total. The average Bonchev–Trinajstić information content (AvgIpc) is 2.61. The first-order valence-corrected chi connectivity index (χ1v) is 9.81. The van der Waals surface area contributed by atoms with Crippen molar-refractivity contribution in [1.29, 1.82) is 0 Å². The first kappa shape index (κ1) is 19.5. The Hall–Kier alpha value is -1.78. The standard InChI is InChI=1S/C21H27NO2S/c1-5-18(20(23)17-14-10-7-11-15-17)19(16-12-8-6-9-13-16)22-25(24)21(2,3)4/h6-15,18-19,22H,5H2,1-4H3/t18-,19+,25+/m1/s1. The SMILES string of the molecule is CC[C@@H](C(=O)c1ccccc1)[C@@H](N[S@@](=O)C(C)(C)C)c1ccccc1. The van der Waals surface area contributed by atoms with Crippen LogP contribution in [-0.2, 0) is 11.0 Å². The van der Waals surface area contributed by atoms with Crippen molar-refractivity contribution in [3.8, 4) is 0 Å². The number of carbonyl (C=O) groups excluding carboxylic acids is 1. The molecular formula is C21H27NO2S. The van der Waals surface area contributed by atoms with E-state index in [1.165, 1.54) is 0 Å². The van der Waals surface area contributed by atoms with Crippen LogP contribution < -0.4 is 4.72 Å². The van der Waals surface area contributed by atoms with Crippen LogP contribution in [0.4, 0.5) is 0 Å². The van der Waals surface area contributed by atoms with Crippen LogP contribution in [0.5, 0.6) is 0 Å². The van der Waals surface area contributed by atoms with Gasteiger partial charge in [-0.3, -0.25) is 4.79 Å². The number of hydrogen-bond acceptors (Lipinski definition) is 2. The summed E-state index contributed by atoms with van der Waals surface area (Å²) in [4.78, 5) is 13.1. The van der Waals surface area contributed by atoms with Crippen molar-refractivity contribution in [2.75, 3.05) is 0 Å². The first-order valence-electron chi connectivity index (χ1n) is 8.67. The Labute approximate surface area is 153 Å². The number of nitrogens with one attached hydrogen (secondary N) is 1. The Bertz CT molecular complexity index is 708. The van der Waals surface area contributed by atoms with Crippen molar-refractivity contribution >= 4 is 16.8 Å². The van der Waals surface area contributed by atoms with E-state index in [9.17, 15) is 9.00 Å². The van der Waals surface area contributed by atoms with Gasteiger partial charge in [-0.05, 0) is 32.8 Å². The van der Waals surface area contributed by atoms with Crippen molar-refractivity contribution in [2.24, 2.45) is 5.92 Å². The summed E-state index contributed by atoms with van der Waals surface area (Å²) in [7, 11) is -1.27. The Morgan fingerprint density at radius 1 is 1.00 bits per heavy atom. The number of rotatable bonds is 7. The average molecular weight is 358 g/mol. The van der Waals surface area contributed by atoms with Gasteiger partial charge in [-0.15, -0.1) is 0 Å². The molecule has 4 heteroatoms. The van der Waals surface area contributed by atoms with Gasteiger partial charge in [0.1, 0.15) is 0 Å². The van der Waals surface area contributed by atoms with E-state index < -0.39 is 15.7 Å². The predicted octanol–water partition coefficient (Wildman–Crippen LogP) is 4.69. The lowest BCUT2D eigenvalue weighted by Crippen LogP contribution is -2.40. The summed E-state index contributed by atoms with van der Waals surface area (Å²) in [6, 6.07) is 18.8. The van der Waals surface area contributed by atoms with Crippen LogP contribution in [0.2, 0.25) is 0 Å². The molecule has 1 N–H and O–H groups in total. The molecule has 0 aliphatic carbocycles. The molecule has 0 amide bonds. The van der Waals surface area contributed by atoms with E-state index in [0.717, 1.165) is 5.56 Å². The van der Waals surface area contributed by atoms with Crippen LogP contribution >= 0.6 is 0 Å². The Morgan fingerprint density at radius 3 is 2.00 bits per heavy atom. The predicted molar refractivity (Wildman–Crippen MR) is 105 cm³/mol. The molecule has 0 saturated heterocycles. The van der Waals surface area contributed by atoms with Crippen LogP contribution in [-0.4, -0.2) is 14.7 Å². The Kier molecular flexibility index (Phi) is 6.68. The van der Waals surface area contributed by atoms with E-state index >= 15 is 0 Å². The van der Waals surface area contributed by atoms with Crippen molar-refractivity contribution in [3.05, 3.63) is 71.8 Å². The fraction of sp³-hybridized carbons (Fsp3) is 0.381. The van der Waals surface area contributed by atoms with Gasteiger partial charge in [-0.25, -0.2) is 8.93 Å². The molecule has 0 spiro atoms. The van der Waals surface area contributed by atoms with Gasteiger partial charge in [0, 0.05) is 11.5 Å². The zero-order valence-corrected chi connectivity index (χ0v) is 16.2. The molecule has 2 aromatic rings. The third-order valence-electron chi connectivity index (χ3n) is 4.19. The Morgan fingerprint density at radius 2 is 1.52 bits per heavy atom. The van der Waals surface area contributed by atoms with Gasteiger partial charge in [0.15, 0.2) is 5.78 Å². The molecule has 0 heterocycles. The highest BCUT2D eigenvalue weighted by Crippen LogP contribution is 2.29. The summed E-state index contributed by atoms with van der Waals surface area (Å²) >= 11 is 0. The molecule has 0 unspecified atom stereocenters. The lowest BCUT2D eigenvalue weighted by atomic mass is 9.85. The molecule has 2 rings (SSSR count). The maximum atomic E-state index is 13.1. The summed E-state index contributed by atoms with van der Waals surface area (Å²) in [5, 5.41) is 0. The van der Waals surface area contributed by atoms with Crippen molar-refractivity contribution in [3.63, 3.8) is 0 Å². The van der Waals surface area contributed by atoms with Crippen LogP contribution in [0.3, 0.4) is 0 Å². The number of benzene rings is 2. The molecule has 0 saturated carbocycles. The van der Waals surface area contributed by atoms with Gasteiger partial charge in [0.2, 0.25) is 0 Å². The minimum Gasteiger partial charge on any atom is -0.294 e. The summed E-state index contributed by atoms with van der Waals surface area (Å²) < 4.78 is 15.5. The zero-order valence-electron chi connectivity index (χ0n) is 15.4. The summed E-state index contributed by atoms with van der Waals surface area (Å²) in [5.41, 5.74) is 1.68. The van der Waals surface area contributed by atoms with Crippen molar-refractivity contribution in [1.82, 2.24) is 4.72 Å². The molecule has 134 valence electrons. The van der Waals surface area contributed by atoms with E-state index in [4.69, 9.17) is 0 Å². The highest BCUT2D eigenvalue weighted by atomic mass is 32.2. The normalized spacial score (nSPS) is 15.4. The second kappa shape index (κ2) is 8.54. The number of Topliss-reactive ketones (excluding diaryl/α,β-unsaturated/α-hetero) is 1. The molecule has 0 bridgehead atoms. The molecule has 0 aromatic heterocycles. The maximum Gasteiger partial charge on any atom is 0.167 e. The molecule has 0 radical (unpaired) electrons. The summed E-state index contributed by atoms with van der Waals surface area (Å²) in [6.45, 7) is 7.79. The number of ketones is 1. The fourth-order valence-corrected chi connectivity index (χ4v) is 3.61. The van der Waals surface area contributed by atoms with Crippen molar-refractivity contribution in [2.45, 2.75) is 44.9 Å². The van der Waals surface area contributed by atoms with Gasteiger partial charge < -0.3 is 0 Å². The minimum absolute atomic E-state index is 0.0790.